The topological polar surface area (TPSA) is 93.8 Å². The summed E-state index contributed by atoms with van der Waals surface area (Å²) in [6.45, 7) is 0.183. The number of nitrogens with two attached hydrogens (primary N) is 1. The number of pyridine rings is 1. The molecule has 0 saturated carbocycles. The fraction of sp³-hybridized carbons (Fsp3) is 0.100. The highest BCUT2D eigenvalue weighted by atomic mass is 16.2. The number of carbonyl (C=O) groups excluding carboxylic acids is 1. The van der Waals surface area contributed by atoms with Crippen molar-refractivity contribution >= 4 is 5.91 Å². The monoisotopic (exact) mass is 218 g/mol. The first-order valence-corrected chi connectivity index (χ1v) is 4.68. The van der Waals surface area contributed by atoms with Gasteiger partial charge in [-0.05, 0) is 12.1 Å². The second-order valence-corrected chi connectivity index (χ2v) is 3.21. The van der Waals surface area contributed by atoms with Crippen molar-refractivity contribution in [1.29, 1.82) is 0 Å². The van der Waals surface area contributed by atoms with Crippen molar-refractivity contribution in [3.8, 4) is 0 Å². The summed E-state index contributed by atoms with van der Waals surface area (Å²) in [6.07, 6.45) is 2.96. The summed E-state index contributed by atoms with van der Waals surface area (Å²) in [4.78, 5) is 27.1. The van der Waals surface area contributed by atoms with E-state index in [0.29, 0.717) is 11.3 Å². The first-order valence-electron chi connectivity index (χ1n) is 4.68. The van der Waals surface area contributed by atoms with Crippen LogP contribution in [-0.2, 0) is 6.54 Å². The molecule has 2 rings (SSSR count). The molecule has 2 heterocycles. The number of aromatic amines is 1. The smallest absolute Gasteiger partial charge is 0.281 e. The van der Waals surface area contributed by atoms with Crippen molar-refractivity contribution in [3.05, 3.63) is 52.2 Å². The van der Waals surface area contributed by atoms with E-state index in [1.807, 2.05) is 0 Å². The molecule has 0 fully saturated rings. The largest absolute Gasteiger partial charge is 0.325 e. The minimum atomic E-state index is -0.446. The highest BCUT2D eigenvalue weighted by Crippen LogP contribution is 1.98. The van der Waals surface area contributed by atoms with Gasteiger partial charge in [0.2, 0.25) is 0 Å². The van der Waals surface area contributed by atoms with Crippen molar-refractivity contribution in [3.63, 3.8) is 0 Å². The Hall–Kier alpha value is -2.21. The molecular weight excluding hydrogens is 208 g/mol. The summed E-state index contributed by atoms with van der Waals surface area (Å²) in [6, 6.07) is 4.52. The van der Waals surface area contributed by atoms with Crippen molar-refractivity contribution in [1.82, 2.24) is 14.8 Å². The maximum absolute atomic E-state index is 11.8. The summed E-state index contributed by atoms with van der Waals surface area (Å²) in [5, 5.41) is 2.63. The third-order valence-corrected chi connectivity index (χ3v) is 2.10. The van der Waals surface area contributed by atoms with Gasteiger partial charge >= 0.3 is 0 Å². The predicted molar refractivity (Wildman–Crippen MR) is 56.9 cm³/mol. The molecule has 2 aromatic heterocycles. The van der Waals surface area contributed by atoms with Gasteiger partial charge in [-0.25, -0.2) is 0 Å². The van der Waals surface area contributed by atoms with Crippen LogP contribution in [0.2, 0.25) is 0 Å². The summed E-state index contributed by atoms with van der Waals surface area (Å²) in [5.74, 6) is -0.446. The Morgan fingerprint density at radius 3 is 2.94 bits per heavy atom. The molecule has 0 aliphatic rings. The normalized spacial score (nSPS) is 10.3. The van der Waals surface area contributed by atoms with E-state index in [2.05, 4.69) is 10.1 Å². The number of rotatable bonds is 2. The average molecular weight is 218 g/mol. The van der Waals surface area contributed by atoms with Gasteiger partial charge in [0.25, 0.3) is 11.5 Å². The fourth-order valence-corrected chi connectivity index (χ4v) is 1.32. The maximum Gasteiger partial charge on any atom is 0.281 e. The molecule has 0 bridgehead atoms. The first-order chi connectivity index (χ1) is 7.72. The Morgan fingerprint density at radius 2 is 2.38 bits per heavy atom. The van der Waals surface area contributed by atoms with Gasteiger partial charge < -0.3 is 5.73 Å². The molecule has 0 aromatic carbocycles. The van der Waals surface area contributed by atoms with Gasteiger partial charge in [0.15, 0.2) is 0 Å². The number of aromatic nitrogens is 3. The third kappa shape index (κ3) is 1.78. The summed E-state index contributed by atoms with van der Waals surface area (Å²) < 4.78 is 0.916. The number of hydrogen-bond acceptors (Lipinski definition) is 4. The lowest BCUT2D eigenvalue weighted by Crippen LogP contribution is -2.24. The Bertz CT molecular complexity index is 556. The van der Waals surface area contributed by atoms with E-state index in [4.69, 9.17) is 5.73 Å². The van der Waals surface area contributed by atoms with Crippen molar-refractivity contribution < 1.29 is 4.79 Å². The fourth-order valence-electron chi connectivity index (χ4n) is 1.32. The molecule has 6 heteroatoms. The zero-order valence-corrected chi connectivity index (χ0v) is 8.38. The molecule has 82 valence electrons. The van der Waals surface area contributed by atoms with Crippen LogP contribution in [0.4, 0.5) is 0 Å². The lowest BCUT2D eigenvalue weighted by atomic mass is 10.3. The van der Waals surface area contributed by atoms with E-state index in [9.17, 15) is 9.59 Å². The Kier molecular flexibility index (Phi) is 2.65. The number of nitrogens with one attached hydrogen (secondary N) is 1. The van der Waals surface area contributed by atoms with Crippen molar-refractivity contribution in [2.24, 2.45) is 5.73 Å². The van der Waals surface area contributed by atoms with E-state index in [1.165, 1.54) is 12.3 Å². The molecule has 0 aliphatic carbocycles. The van der Waals surface area contributed by atoms with Crippen LogP contribution in [0.1, 0.15) is 16.1 Å². The third-order valence-electron chi connectivity index (χ3n) is 2.10. The van der Waals surface area contributed by atoms with Crippen LogP contribution in [0.3, 0.4) is 0 Å². The zero-order chi connectivity index (χ0) is 11.5. The highest BCUT2D eigenvalue weighted by Gasteiger charge is 2.12. The quantitative estimate of drug-likeness (QED) is 0.724. The molecule has 2 aromatic rings. The summed E-state index contributed by atoms with van der Waals surface area (Å²) in [7, 11) is 0. The molecule has 0 aliphatic heterocycles. The number of nitrogens with zero attached hydrogens (tertiary/aromatic N) is 2. The lowest BCUT2D eigenvalue weighted by Gasteiger charge is -1.99. The second-order valence-electron chi connectivity index (χ2n) is 3.21. The van der Waals surface area contributed by atoms with Gasteiger partial charge in [-0.15, -0.1) is 0 Å². The van der Waals surface area contributed by atoms with Crippen LogP contribution < -0.4 is 11.3 Å². The molecule has 0 unspecified atom stereocenters. The summed E-state index contributed by atoms with van der Waals surface area (Å²) >= 11 is 0. The molecule has 3 N–H and O–H groups in total. The Balaban J connectivity index is 2.42. The van der Waals surface area contributed by atoms with Gasteiger partial charge in [0.1, 0.15) is 0 Å². The standard InChI is InChI=1S/C10H10N4O2/c11-5-8-4-9(15)14(13-8)10(16)7-2-1-3-12-6-7/h1-4,6,13H,5,11H2. The van der Waals surface area contributed by atoms with Crippen LogP contribution >= 0.6 is 0 Å². The van der Waals surface area contributed by atoms with Gasteiger partial charge in [-0.3, -0.25) is 19.7 Å². The van der Waals surface area contributed by atoms with E-state index in [0.717, 1.165) is 4.68 Å². The first kappa shape index (κ1) is 10.3. The SMILES string of the molecule is NCc1cc(=O)n(C(=O)c2cccnc2)[nH]1. The minimum absolute atomic E-state index is 0.183. The summed E-state index contributed by atoms with van der Waals surface area (Å²) in [5.41, 5.74) is 5.80. The van der Waals surface area contributed by atoms with Crippen LogP contribution in [0.25, 0.3) is 0 Å². The highest BCUT2D eigenvalue weighted by molar-refractivity contribution is 5.94. The van der Waals surface area contributed by atoms with Gasteiger partial charge in [0, 0.05) is 25.0 Å². The number of hydrogen-bond donors (Lipinski definition) is 2. The zero-order valence-electron chi connectivity index (χ0n) is 8.38. The lowest BCUT2D eigenvalue weighted by molar-refractivity contribution is 0.0940. The number of H-pyrrole nitrogens is 1. The second kappa shape index (κ2) is 4.11. The van der Waals surface area contributed by atoms with Gasteiger partial charge in [-0.2, -0.15) is 4.68 Å². The predicted octanol–water partition coefficient (Wildman–Crippen LogP) is -0.281. The van der Waals surface area contributed by atoms with E-state index >= 15 is 0 Å². The van der Waals surface area contributed by atoms with Crippen molar-refractivity contribution in [2.75, 3.05) is 0 Å². The Labute approximate surface area is 90.7 Å². The van der Waals surface area contributed by atoms with Crippen LogP contribution in [0.15, 0.2) is 35.4 Å². The van der Waals surface area contributed by atoms with E-state index in [-0.39, 0.29) is 6.54 Å². The van der Waals surface area contributed by atoms with Crippen LogP contribution in [0.5, 0.6) is 0 Å². The molecule has 16 heavy (non-hydrogen) atoms. The van der Waals surface area contributed by atoms with Crippen LogP contribution in [0, 0.1) is 0 Å². The molecule has 0 radical (unpaired) electrons. The molecule has 0 atom stereocenters. The molecule has 0 amide bonds. The van der Waals surface area contributed by atoms with E-state index in [1.54, 1.807) is 18.3 Å². The van der Waals surface area contributed by atoms with Gasteiger partial charge in [0.05, 0.1) is 11.3 Å². The van der Waals surface area contributed by atoms with Crippen molar-refractivity contribution in [2.45, 2.75) is 6.54 Å². The van der Waals surface area contributed by atoms with Gasteiger partial charge in [-0.1, -0.05) is 0 Å². The molecular formula is C10H10N4O2. The average Bonchev–Trinajstić information content (AvgIpc) is 2.71. The van der Waals surface area contributed by atoms with Crippen LogP contribution in [-0.4, -0.2) is 20.7 Å². The molecule has 6 nitrogen and oxygen atoms in total. The molecule has 0 spiro atoms. The number of carbonyl (C=O) groups is 1. The minimum Gasteiger partial charge on any atom is -0.325 e. The molecule has 0 saturated heterocycles. The van der Waals surface area contributed by atoms with E-state index < -0.39 is 11.5 Å². The maximum atomic E-state index is 11.8. The Morgan fingerprint density at radius 1 is 1.56 bits per heavy atom.